The SMILES string of the molecule is O.O.O.O.O.O.O.O=P([O-])([O-])[O-].O=P([O-])([O-])[O-].[Ni+2].[Ni+2].[Ni+2]. The second kappa shape index (κ2) is 42.8. The summed E-state index contributed by atoms with van der Waals surface area (Å²) in [7, 11) is -10.8. The van der Waals surface area contributed by atoms with Crippen molar-refractivity contribution in [3.63, 3.8) is 0 Å². The number of hydrogen-bond donors (Lipinski definition) is 0. The first kappa shape index (κ1) is 101. The van der Waals surface area contributed by atoms with Crippen LogP contribution in [0.15, 0.2) is 0 Å². The molecular formula is H14Ni3O15P2. The van der Waals surface area contributed by atoms with Crippen molar-refractivity contribution in [2.75, 3.05) is 0 Å². The second-order valence-electron chi connectivity index (χ2n) is 0.894. The smallest absolute Gasteiger partial charge is 0.822 e. The molecular weight excluding hydrogens is 478 g/mol. The summed E-state index contributed by atoms with van der Waals surface area (Å²) in [6.45, 7) is 0. The minimum Gasteiger partial charge on any atom is -0.822 e. The van der Waals surface area contributed by atoms with E-state index in [2.05, 4.69) is 0 Å². The van der Waals surface area contributed by atoms with E-state index in [-0.39, 0.29) is 87.8 Å². The summed E-state index contributed by atoms with van der Waals surface area (Å²) >= 11 is 0. The zero-order valence-electron chi connectivity index (χ0n) is 8.61. The molecule has 0 spiro atoms. The van der Waals surface area contributed by atoms with Crippen LogP contribution in [0.1, 0.15) is 0 Å². The van der Waals surface area contributed by atoms with Gasteiger partial charge in [-0.15, -0.1) is 0 Å². The molecule has 0 radical (unpaired) electrons. The van der Waals surface area contributed by atoms with Gasteiger partial charge in [0.05, 0.1) is 0 Å². The van der Waals surface area contributed by atoms with Gasteiger partial charge in [0.15, 0.2) is 0 Å². The van der Waals surface area contributed by atoms with Crippen LogP contribution in [0.3, 0.4) is 0 Å². The Labute approximate surface area is 142 Å². The zero-order valence-corrected chi connectivity index (χ0v) is 13.4. The maximum atomic E-state index is 8.55. The van der Waals surface area contributed by atoms with Crippen LogP contribution in [-0.2, 0) is 58.6 Å². The third kappa shape index (κ3) is 3270. The van der Waals surface area contributed by atoms with Gasteiger partial charge in [0.2, 0.25) is 0 Å². The molecule has 20 heteroatoms. The Morgan fingerprint density at radius 3 is 0.400 bits per heavy atom. The monoisotopic (exact) mass is 490 g/mol. The van der Waals surface area contributed by atoms with E-state index in [9.17, 15) is 0 Å². The fourth-order valence-corrected chi connectivity index (χ4v) is 0. The Morgan fingerprint density at radius 1 is 0.400 bits per heavy atom. The van der Waals surface area contributed by atoms with Crippen molar-refractivity contribution >= 4 is 15.6 Å². The molecule has 0 rings (SSSR count). The maximum absolute atomic E-state index is 8.55. The first-order chi connectivity index (χ1) is 4.00. The van der Waals surface area contributed by atoms with E-state index < -0.39 is 15.6 Å². The predicted molar refractivity (Wildman–Crippen MR) is 40.5 cm³/mol. The molecule has 0 saturated heterocycles. The Kier molecular flexibility index (Phi) is 215. The molecule has 0 aliphatic heterocycles. The molecule has 0 aromatic heterocycles. The molecule has 0 fully saturated rings. The summed E-state index contributed by atoms with van der Waals surface area (Å²) in [5.74, 6) is 0. The normalized spacial score (nSPS) is 5.90. The van der Waals surface area contributed by atoms with E-state index in [0.29, 0.717) is 0 Å². The Hall–Kier alpha value is 1.42. The van der Waals surface area contributed by atoms with Gasteiger partial charge in [-0.1, -0.05) is 0 Å². The van der Waals surface area contributed by atoms with Gasteiger partial charge >= 0.3 is 49.5 Å². The second-order valence-corrected chi connectivity index (χ2v) is 2.68. The van der Waals surface area contributed by atoms with Crippen molar-refractivity contribution in [2.24, 2.45) is 0 Å². The minimum absolute atomic E-state index is 0. The molecule has 0 atom stereocenters. The van der Waals surface area contributed by atoms with Crippen LogP contribution in [0, 0.1) is 0 Å². The first-order valence-corrected chi connectivity index (χ1v) is 4.38. The standard InChI is InChI=1S/3Ni.2H3O4P.7H2O/c;;;2*1-5(2,3)4;;;;;;;/h;;;2*(H3,1,2,3,4);7*1H2/q3*+2;;;;;;;;;/p-6. The van der Waals surface area contributed by atoms with Gasteiger partial charge in [0.25, 0.3) is 0 Å². The van der Waals surface area contributed by atoms with Gasteiger partial charge in [-0.25, -0.2) is 0 Å². The van der Waals surface area contributed by atoms with Crippen LogP contribution in [-0.4, -0.2) is 38.3 Å². The average molecular weight is 492 g/mol. The number of phosphoric acid groups is 2. The minimum atomic E-state index is -5.39. The van der Waals surface area contributed by atoms with E-state index in [4.69, 9.17) is 38.5 Å². The van der Waals surface area contributed by atoms with Crippen LogP contribution in [0.2, 0.25) is 0 Å². The van der Waals surface area contributed by atoms with Gasteiger partial charge < -0.3 is 76.8 Å². The molecule has 0 aliphatic rings. The zero-order chi connectivity index (χ0) is 9.00. The first-order valence-electron chi connectivity index (χ1n) is 1.46. The summed E-state index contributed by atoms with van der Waals surface area (Å²) in [5.41, 5.74) is 0. The summed E-state index contributed by atoms with van der Waals surface area (Å²) in [4.78, 5) is 51.3. The molecule has 0 saturated carbocycles. The summed E-state index contributed by atoms with van der Waals surface area (Å²) < 4.78 is 17.1. The Balaban J connectivity index is -0.00000000427. The number of hydrogen-bond acceptors (Lipinski definition) is 8. The summed E-state index contributed by atoms with van der Waals surface area (Å²) in [5, 5.41) is 0. The van der Waals surface area contributed by atoms with Crippen LogP contribution < -0.4 is 29.4 Å². The van der Waals surface area contributed by atoms with Crippen molar-refractivity contribution in [3.8, 4) is 0 Å². The van der Waals surface area contributed by atoms with Gasteiger partial charge in [0, 0.05) is 0 Å². The quantitative estimate of drug-likeness (QED) is 0.230. The van der Waals surface area contributed by atoms with Crippen LogP contribution in [0.4, 0.5) is 0 Å². The fourth-order valence-electron chi connectivity index (χ4n) is 0. The molecule has 0 aromatic carbocycles. The van der Waals surface area contributed by atoms with Crippen molar-refractivity contribution in [1.29, 1.82) is 0 Å². The maximum Gasteiger partial charge on any atom is 2.00 e. The van der Waals surface area contributed by atoms with Gasteiger partial charge in [-0.05, 0) is 0 Å². The topological polar surface area (TPSA) is 393 Å². The molecule has 0 aliphatic carbocycles. The molecule has 0 amide bonds. The largest absolute Gasteiger partial charge is 2.00 e. The van der Waals surface area contributed by atoms with E-state index in [1.54, 1.807) is 0 Å². The van der Waals surface area contributed by atoms with Crippen molar-refractivity contribution in [2.45, 2.75) is 0 Å². The molecule has 14 N–H and O–H groups in total. The number of rotatable bonds is 0. The Bertz CT molecular complexity index is 133. The third-order valence-electron chi connectivity index (χ3n) is 0. The molecule has 0 bridgehead atoms. The molecule has 0 heterocycles. The van der Waals surface area contributed by atoms with Crippen LogP contribution >= 0.6 is 15.6 Å². The van der Waals surface area contributed by atoms with E-state index >= 15 is 0 Å². The molecule has 144 valence electrons. The molecule has 0 unspecified atom stereocenters. The third-order valence-corrected chi connectivity index (χ3v) is 0. The van der Waals surface area contributed by atoms with Gasteiger partial charge in [-0.3, -0.25) is 0 Å². The van der Waals surface area contributed by atoms with Gasteiger partial charge in [0.1, 0.15) is 0 Å². The van der Waals surface area contributed by atoms with E-state index in [1.165, 1.54) is 0 Å². The van der Waals surface area contributed by atoms with E-state index in [0.717, 1.165) is 0 Å². The van der Waals surface area contributed by atoms with Crippen molar-refractivity contribution in [1.82, 2.24) is 0 Å². The van der Waals surface area contributed by atoms with Crippen LogP contribution in [0.5, 0.6) is 0 Å². The molecule has 20 heavy (non-hydrogen) atoms. The van der Waals surface area contributed by atoms with Gasteiger partial charge in [-0.2, -0.15) is 15.6 Å². The Morgan fingerprint density at radius 2 is 0.400 bits per heavy atom. The van der Waals surface area contributed by atoms with Crippen molar-refractivity contribution < 1.29 is 126 Å². The molecule has 15 nitrogen and oxygen atoms in total. The fraction of sp³-hybridized carbons (Fsp3) is 0. The predicted octanol–water partition coefficient (Wildman–Crippen LogP) is -11.4. The van der Waals surface area contributed by atoms with Crippen LogP contribution in [0.25, 0.3) is 0 Å². The van der Waals surface area contributed by atoms with Crippen molar-refractivity contribution in [3.05, 3.63) is 0 Å². The summed E-state index contributed by atoms with van der Waals surface area (Å²) in [6, 6.07) is 0. The summed E-state index contributed by atoms with van der Waals surface area (Å²) in [6.07, 6.45) is 0. The van der Waals surface area contributed by atoms with E-state index in [1.807, 2.05) is 0 Å². The molecule has 0 aromatic rings. The average Bonchev–Trinajstić information content (AvgIpc) is 1.12.